The Morgan fingerprint density at radius 2 is 2.00 bits per heavy atom. The number of hydrogen-bond donors (Lipinski definition) is 2. The maximum Gasteiger partial charge on any atom is 0.224 e. The lowest BCUT2D eigenvalue weighted by atomic mass is 10.2. The molecule has 0 saturated carbocycles. The molecule has 0 fully saturated rings. The second-order valence-electron chi connectivity index (χ2n) is 4.81. The minimum atomic E-state index is -3.17. The SMILES string of the molecule is CCNc1ncc(Cl)c(NCC(C)(C)S(C)(=O)=O)n1. The van der Waals surface area contributed by atoms with Crippen LogP contribution in [0.4, 0.5) is 11.8 Å². The Kier molecular flexibility index (Phi) is 4.98. The third-order valence-corrected chi connectivity index (χ3v) is 5.19. The van der Waals surface area contributed by atoms with E-state index in [1.54, 1.807) is 13.8 Å². The van der Waals surface area contributed by atoms with Crippen LogP contribution in [-0.2, 0) is 9.84 Å². The first kappa shape index (κ1) is 16.0. The van der Waals surface area contributed by atoms with Crippen molar-refractivity contribution < 1.29 is 8.42 Å². The van der Waals surface area contributed by atoms with Crippen molar-refractivity contribution in [3.63, 3.8) is 0 Å². The van der Waals surface area contributed by atoms with Crippen molar-refractivity contribution in [2.24, 2.45) is 0 Å². The lowest BCUT2D eigenvalue weighted by Gasteiger charge is -2.23. The van der Waals surface area contributed by atoms with E-state index in [9.17, 15) is 8.42 Å². The van der Waals surface area contributed by atoms with Crippen LogP contribution in [0.3, 0.4) is 0 Å². The van der Waals surface area contributed by atoms with Gasteiger partial charge in [-0.15, -0.1) is 0 Å². The highest BCUT2D eigenvalue weighted by Gasteiger charge is 2.30. The van der Waals surface area contributed by atoms with Gasteiger partial charge in [0.05, 0.1) is 10.9 Å². The molecule has 6 nitrogen and oxygen atoms in total. The van der Waals surface area contributed by atoms with E-state index < -0.39 is 14.6 Å². The smallest absolute Gasteiger partial charge is 0.224 e. The van der Waals surface area contributed by atoms with E-state index in [2.05, 4.69) is 20.6 Å². The molecule has 0 aliphatic carbocycles. The van der Waals surface area contributed by atoms with Crippen LogP contribution in [0.2, 0.25) is 5.02 Å². The van der Waals surface area contributed by atoms with Gasteiger partial charge in [-0.2, -0.15) is 4.98 Å². The van der Waals surface area contributed by atoms with Crippen molar-refractivity contribution in [2.45, 2.75) is 25.5 Å². The summed E-state index contributed by atoms with van der Waals surface area (Å²) in [6.45, 7) is 6.13. The van der Waals surface area contributed by atoms with Crippen molar-refractivity contribution in [3.05, 3.63) is 11.2 Å². The topological polar surface area (TPSA) is 84.0 Å². The molecule has 19 heavy (non-hydrogen) atoms. The molecular formula is C11H19ClN4O2S. The standard InChI is InChI=1S/C11H19ClN4O2S/c1-5-13-10-14-6-8(12)9(16-10)15-7-11(2,3)19(4,17)18/h6H,5,7H2,1-4H3,(H2,13,14,15,16). The fourth-order valence-corrected chi connectivity index (χ4v) is 1.65. The van der Waals surface area contributed by atoms with Gasteiger partial charge in [-0.25, -0.2) is 13.4 Å². The molecule has 0 saturated heterocycles. The maximum atomic E-state index is 11.6. The summed E-state index contributed by atoms with van der Waals surface area (Å²) in [5, 5.41) is 6.27. The van der Waals surface area contributed by atoms with Crippen molar-refractivity contribution in [1.29, 1.82) is 0 Å². The van der Waals surface area contributed by atoms with E-state index in [0.717, 1.165) is 0 Å². The van der Waals surface area contributed by atoms with Gasteiger partial charge >= 0.3 is 0 Å². The number of nitrogens with one attached hydrogen (secondary N) is 2. The summed E-state index contributed by atoms with van der Waals surface area (Å²) in [6, 6.07) is 0. The molecule has 1 heterocycles. The van der Waals surface area contributed by atoms with E-state index in [1.807, 2.05) is 6.92 Å². The Morgan fingerprint density at radius 3 is 2.53 bits per heavy atom. The van der Waals surface area contributed by atoms with Crippen LogP contribution in [-0.4, -0.2) is 42.5 Å². The van der Waals surface area contributed by atoms with Crippen LogP contribution in [0.25, 0.3) is 0 Å². The first-order chi connectivity index (χ1) is 8.67. The molecule has 0 aromatic carbocycles. The highest BCUT2D eigenvalue weighted by Crippen LogP contribution is 2.22. The summed E-state index contributed by atoms with van der Waals surface area (Å²) < 4.78 is 22.3. The molecule has 0 unspecified atom stereocenters. The van der Waals surface area contributed by atoms with Gasteiger partial charge in [0, 0.05) is 19.3 Å². The lowest BCUT2D eigenvalue weighted by molar-refractivity contribution is 0.559. The number of sulfone groups is 1. The van der Waals surface area contributed by atoms with Gasteiger partial charge in [0.15, 0.2) is 15.7 Å². The van der Waals surface area contributed by atoms with Crippen molar-refractivity contribution in [3.8, 4) is 0 Å². The molecule has 0 aliphatic rings. The Morgan fingerprint density at radius 1 is 1.37 bits per heavy atom. The summed E-state index contributed by atoms with van der Waals surface area (Å²) >= 11 is 5.97. The molecule has 0 spiro atoms. The predicted molar refractivity (Wildman–Crippen MR) is 78.6 cm³/mol. The number of hydrogen-bond acceptors (Lipinski definition) is 6. The minimum absolute atomic E-state index is 0.216. The Balaban J connectivity index is 2.86. The lowest BCUT2D eigenvalue weighted by Crippen LogP contribution is -2.38. The van der Waals surface area contributed by atoms with E-state index in [4.69, 9.17) is 11.6 Å². The fraction of sp³-hybridized carbons (Fsp3) is 0.636. The molecule has 8 heteroatoms. The van der Waals surface area contributed by atoms with E-state index in [-0.39, 0.29) is 6.54 Å². The van der Waals surface area contributed by atoms with Crippen LogP contribution in [0.5, 0.6) is 0 Å². The summed E-state index contributed by atoms with van der Waals surface area (Å²) in [6.07, 6.45) is 2.68. The fourth-order valence-electron chi connectivity index (χ4n) is 1.16. The maximum absolute atomic E-state index is 11.6. The molecule has 2 N–H and O–H groups in total. The van der Waals surface area contributed by atoms with Crippen LogP contribution >= 0.6 is 11.6 Å². The third kappa shape index (κ3) is 4.21. The molecule has 108 valence electrons. The van der Waals surface area contributed by atoms with Gasteiger partial charge in [0.25, 0.3) is 0 Å². The van der Waals surface area contributed by atoms with Crippen LogP contribution in [0, 0.1) is 0 Å². The molecule has 0 bridgehead atoms. The molecule has 1 rings (SSSR count). The van der Waals surface area contributed by atoms with Crippen molar-refractivity contribution in [2.75, 3.05) is 30.0 Å². The number of aromatic nitrogens is 2. The summed E-state index contributed by atoms with van der Waals surface area (Å²) in [7, 11) is -3.17. The second-order valence-corrected chi connectivity index (χ2v) is 7.86. The minimum Gasteiger partial charge on any atom is -0.367 e. The zero-order chi connectivity index (χ0) is 14.7. The molecular weight excluding hydrogens is 288 g/mol. The van der Waals surface area contributed by atoms with E-state index in [1.165, 1.54) is 12.5 Å². The third-order valence-electron chi connectivity index (χ3n) is 2.76. The summed E-state index contributed by atoms with van der Waals surface area (Å²) in [5.41, 5.74) is 0. The average molecular weight is 307 g/mol. The second kappa shape index (κ2) is 5.92. The van der Waals surface area contributed by atoms with E-state index >= 15 is 0 Å². The van der Waals surface area contributed by atoms with Gasteiger partial charge in [0.2, 0.25) is 5.95 Å². The number of halogens is 1. The molecule has 1 aromatic heterocycles. The number of anilines is 2. The number of nitrogens with zero attached hydrogens (tertiary/aromatic N) is 2. The van der Waals surface area contributed by atoms with Gasteiger partial charge in [0.1, 0.15) is 5.02 Å². The Bertz CT molecular complexity index is 546. The summed E-state index contributed by atoms with van der Waals surface area (Å²) in [4.78, 5) is 8.20. The van der Waals surface area contributed by atoms with Crippen LogP contribution in [0.15, 0.2) is 6.20 Å². The normalized spacial score (nSPS) is 12.3. The molecule has 0 radical (unpaired) electrons. The van der Waals surface area contributed by atoms with Gasteiger partial charge in [-0.3, -0.25) is 0 Å². The van der Waals surface area contributed by atoms with Gasteiger partial charge in [-0.1, -0.05) is 11.6 Å². The molecule has 0 amide bonds. The highest BCUT2D eigenvalue weighted by atomic mass is 35.5. The highest BCUT2D eigenvalue weighted by molar-refractivity contribution is 7.92. The molecule has 0 aliphatic heterocycles. The van der Waals surface area contributed by atoms with Crippen molar-refractivity contribution >= 4 is 33.2 Å². The Hall–Kier alpha value is -1.08. The van der Waals surface area contributed by atoms with Crippen molar-refractivity contribution in [1.82, 2.24) is 9.97 Å². The largest absolute Gasteiger partial charge is 0.367 e. The van der Waals surface area contributed by atoms with E-state index in [0.29, 0.717) is 23.3 Å². The van der Waals surface area contributed by atoms with Crippen LogP contribution in [0.1, 0.15) is 20.8 Å². The number of rotatable bonds is 6. The first-order valence-electron chi connectivity index (χ1n) is 5.87. The zero-order valence-corrected chi connectivity index (χ0v) is 13.1. The summed E-state index contributed by atoms with van der Waals surface area (Å²) in [5.74, 6) is 0.871. The zero-order valence-electron chi connectivity index (χ0n) is 11.5. The van der Waals surface area contributed by atoms with Gasteiger partial charge in [-0.05, 0) is 20.8 Å². The quantitative estimate of drug-likeness (QED) is 0.833. The van der Waals surface area contributed by atoms with Gasteiger partial charge < -0.3 is 10.6 Å². The van der Waals surface area contributed by atoms with Crippen LogP contribution < -0.4 is 10.6 Å². The predicted octanol–water partition coefficient (Wildman–Crippen LogP) is 1.80. The monoisotopic (exact) mass is 306 g/mol. The average Bonchev–Trinajstić information content (AvgIpc) is 2.29. The molecule has 1 aromatic rings. The Labute approximate surface area is 118 Å². The molecule has 0 atom stereocenters. The first-order valence-corrected chi connectivity index (χ1v) is 8.14.